The summed E-state index contributed by atoms with van der Waals surface area (Å²) in [6.45, 7) is 9.25. The number of rotatable bonds is 4. The van der Waals surface area contributed by atoms with Gasteiger partial charge >= 0.3 is 0 Å². The second-order valence-electron chi connectivity index (χ2n) is 6.14. The smallest absolute Gasteiger partial charge is 0.135 e. The van der Waals surface area contributed by atoms with Gasteiger partial charge in [0, 0.05) is 24.4 Å². The number of anilines is 1. The Balaban J connectivity index is 2.33. The first-order valence-electron chi connectivity index (χ1n) is 7.25. The van der Waals surface area contributed by atoms with E-state index in [0.717, 1.165) is 29.4 Å². The van der Waals surface area contributed by atoms with Gasteiger partial charge in [-0.15, -0.1) is 0 Å². The molecule has 1 heterocycles. The van der Waals surface area contributed by atoms with Gasteiger partial charge in [-0.3, -0.25) is 0 Å². The number of benzene rings is 1. The summed E-state index contributed by atoms with van der Waals surface area (Å²) in [6, 6.07) is 8.48. The minimum atomic E-state index is -0.226. The van der Waals surface area contributed by atoms with E-state index in [1.807, 2.05) is 13.0 Å². The summed E-state index contributed by atoms with van der Waals surface area (Å²) in [5.74, 6) is 1.37. The third kappa shape index (κ3) is 4.25. The molecule has 0 radical (unpaired) electrons. The molecule has 0 atom stereocenters. The molecular formula is C17H22FN3. The Morgan fingerprint density at radius 1 is 1.10 bits per heavy atom. The Labute approximate surface area is 125 Å². The van der Waals surface area contributed by atoms with Crippen molar-refractivity contribution in [1.82, 2.24) is 9.97 Å². The summed E-state index contributed by atoms with van der Waals surface area (Å²) in [6.07, 6.45) is 0.600. The highest BCUT2D eigenvalue weighted by atomic mass is 19.1. The molecule has 3 nitrogen and oxygen atoms in total. The van der Waals surface area contributed by atoms with Crippen LogP contribution in [0, 0.1) is 5.82 Å². The molecule has 0 unspecified atom stereocenters. The van der Waals surface area contributed by atoms with E-state index < -0.39 is 0 Å². The molecule has 1 aromatic heterocycles. The normalized spacial score (nSPS) is 11.5. The van der Waals surface area contributed by atoms with Crippen molar-refractivity contribution >= 4 is 5.82 Å². The summed E-state index contributed by atoms with van der Waals surface area (Å²) in [5, 5.41) is 3.24. The van der Waals surface area contributed by atoms with Crippen LogP contribution in [0.4, 0.5) is 10.2 Å². The van der Waals surface area contributed by atoms with Crippen LogP contribution in [0.3, 0.4) is 0 Å². The second-order valence-corrected chi connectivity index (χ2v) is 6.14. The van der Waals surface area contributed by atoms with Crippen molar-refractivity contribution in [3.63, 3.8) is 0 Å². The van der Waals surface area contributed by atoms with Gasteiger partial charge in [0.1, 0.15) is 17.5 Å². The fraction of sp³-hybridized carbons (Fsp3) is 0.412. The van der Waals surface area contributed by atoms with Crippen molar-refractivity contribution in [2.45, 2.75) is 39.5 Å². The summed E-state index contributed by atoms with van der Waals surface area (Å²) in [7, 11) is 0. The van der Waals surface area contributed by atoms with Gasteiger partial charge in [0.05, 0.1) is 5.69 Å². The predicted molar refractivity (Wildman–Crippen MR) is 84.1 cm³/mol. The summed E-state index contributed by atoms with van der Waals surface area (Å²) in [4.78, 5) is 9.20. The van der Waals surface area contributed by atoms with Crippen LogP contribution in [0.2, 0.25) is 0 Å². The molecule has 2 rings (SSSR count). The predicted octanol–water partition coefficient (Wildman–Crippen LogP) is 3.94. The van der Waals surface area contributed by atoms with E-state index in [0.29, 0.717) is 6.42 Å². The van der Waals surface area contributed by atoms with Gasteiger partial charge in [0.2, 0.25) is 0 Å². The van der Waals surface area contributed by atoms with E-state index in [4.69, 9.17) is 0 Å². The van der Waals surface area contributed by atoms with Gasteiger partial charge in [-0.2, -0.15) is 0 Å². The zero-order valence-corrected chi connectivity index (χ0v) is 13.1. The first kappa shape index (κ1) is 15.4. The minimum Gasteiger partial charge on any atom is -0.370 e. The number of nitrogens with one attached hydrogen (secondary N) is 1. The maximum atomic E-state index is 13.0. The molecule has 0 saturated heterocycles. The van der Waals surface area contributed by atoms with Crippen LogP contribution in [0.1, 0.15) is 44.8 Å². The molecule has 0 spiro atoms. The second kappa shape index (κ2) is 6.20. The molecule has 1 N–H and O–H groups in total. The number of hydrogen-bond donors (Lipinski definition) is 1. The van der Waals surface area contributed by atoms with E-state index >= 15 is 0 Å². The first-order valence-corrected chi connectivity index (χ1v) is 7.25. The number of nitrogens with zero attached hydrogens (tertiary/aromatic N) is 2. The molecule has 0 aliphatic heterocycles. The molecule has 4 heteroatoms. The van der Waals surface area contributed by atoms with Crippen LogP contribution in [-0.2, 0) is 11.8 Å². The van der Waals surface area contributed by atoms with E-state index in [1.54, 1.807) is 12.1 Å². The lowest BCUT2D eigenvalue weighted by molar-refractivity contribution is 0.563. The lowest BCUT2D eigenvalue weighted by Gasteiger charge is -2.19. The molecule has 0 bridgehead atoms. The summed E-state index contributed by atoms with van der Waals surface area (Å²) < 4.78 is 13.0. The largest absolute Gasteiger partial charge is 0.370 e. The Kier molecular flexibility index (Phi) is 4.56. The van der Waals surface area contributed by atoms with E-state index in [-0.39, 0.29) is 11.2 Å². The van der Waals surface area contributed by atoms with Crippen LogP contribution >= 0.6 is 0 Å². The Morgan fingerprint density at radius 3 is 2.33 bits per heavy atom. The highest BCUT2D eigenvalue weighted by Gasteiger charge is 2.18. The molecule has 112 valence electrons. The van der Waals surface area contributed by atoms with Gasteiger partial charge in [0.15, 0.2) is 0 Å². The monoisotopic (exact) mass is 287 g/mol. The Hall–Kier alpha value is -1.97. The van der Waals surface area contributed by atoms with E-state index in [2.05, 4.69) is 36.1 Å². The topological polar surface area (TPSA) is 37.8 Å². The molecule has 0 amide bonds. The van der Waals surface area contributed by atoms with Crippen molar-refractivity contribution in [2.24, 2.45) is 0 Å². The van der Waals surface area contributed by atoms with Gasteiger partial charge < -0.3 is 5.32 Å². The van der Waals surface area contributed by atoms with Crippen molar-refractivity contribution in [2.75, 3.05) is 11.9 Å². The quantitative estimate of drug-likeness (QED) is 0.925. The van der Waals surface area contributed by atoms with Crippen LogP contribution in [-0.4, -0.2) is 16.5 Å². The maximum Gasteiger partial charge on any atom is 0.135 e. The first-order chi connectivity index (χ1) is 9.88. The molecule has 0 aliphatic carbocycles. The lowest BCUT2D eigenvalue weighted by atomic mass is 9.92. The molecule has 21 heavy (non-hydrogen) atoms. The van der Waals surface area contributed by atoms with Crippen molar-refractivity contribution in [3.05, 3.63) is 53.2 Å². The van der Waals surface area contributed by atoms with Gasteiger partial charge in [0.25, 0.3) is 0 Å². The fourth-order valence-electron chi connectivity index (χ4n) is 2.02. The zero-order valence-electron chi connectivity index (χ0n) is 13.1. The Morgan fingerprint density at radius 2 is 1.76 bits per heavy atom. The maximum absolute atomic E-state index is 13.0. The van der Waals surface area contributed by atoms with Crippen LogP contribution in [0.25, 0.3) is 0 Å². The fourth-order valence-corrected chi connectivity index (χ4v) is 2.02. The van der Waals surface area contributed by atoms with Gasteiger partial charge in [-0.25, -0.2) is 14.4 Å². The van der Waals surface area contributed by atoms with Gasteiger partial charge in [-0.05, 0) is 24.6 Å². The highest BCUT2D eigenvalue weighted by molar-refractivity contribution is 5.38. The molecule has 1 aromatic carbocycles. The van der Waals surface area contributed by atoms with Crippen LogP contribution in [0.5, 0.6) is 0 Å². The van der Waals surface area contributed by atoms with Crippen molar-refractivity contribution in [1.29, 1.82) is 0 Å². The molecule has 0 saturated carbocycles. The Bertz CT molecular complexity index is 600. The zero-order chi connectivity index (χ0) is 15.5. The highest BCUT2D eigenvalue weighted by Crippen LogP contribution is 2.23. The van der Waals surface area contributed by atoms with Crippen LogP contribution < -0.4 is 5.32 Å². The minimum absolute atomic E-state index is 0.0370. The van der Waals surface area contributed by atoms with Crippen molar-refractivity contribution < 1.29 is 4.39 Å². The number of hydrogen-bond acceptors (Lipinski definition) is 3. The third-order valence-corrected chi connectivity index (χ3v) is 3.17. The lowest BCUT2D eigenvalue weighted by Crippen LogP contribution is -2.17. The van der Waals surface area contributed by atoms with Crippen molar-refractivity contribution in [3.8, 4) is 0 Å². The number of halogens is 1. The van der Waals surface area contributed by atoms with E-state index in [9.17, 15) is 4.39 Å². The molecule has 0 fully saturated rings. The molecule has 0 aliphatic rings. The number of aromatic nitrogens is 2. The van der Waals surface area contributed by atoms with E-state index in [1.165, 1.54) is 12.1 Å². The SMILES string of the molecule is CCNc1cc(C(C)(C)C)nc(Cc2ccc(F)cc2)n1. The standard InChI is InChI=1S/C17H22FN3/c1-5-19-15-11-14(17(2,3)4)20-16(21-15)10-12-6-8-13(18)9-7-12/h6-9,11H,5,10H2,1-4H3,(H,19,20,21). The molecular weight excluding hydrogens is 265 g/mol. The average Bonchev–Trinajstić information content (AvgIpc) is 2.41. The average molecular weight is 287 g/mol. The third-order valence-electron chi connectivity index (χ3n) is 3.17. The van der Waals surface area contributed by atoms with Crippen LogP contribution in [0.15, 0.2) is 30.3 Å². The van der Waals surface area contributed by atoms with Gasteiger partial charge in [-0.1, -0.05) is 32.9 Å². The summed E-state index contributed by atoms with van der Waals surface area (Å²) in [5.41, 5.74) is 1.97. The molecule has 2 aromatic rings. The summed E-state index contributed by atoms with van der Waals surface area (Å²) >= 11 is 0.